The van der Waals surface area contributed by atoms with Gasteiger partial charge in [0.2, 0.25) is 0 Å². The van der Waals surface area contributed by atoms with Crippen LogP contribution >= 0.6 is 0 Å². The first kappa shape index (κ1) is 19.6. The van der Waals surface area contributed by atoms with E-state index < -0.39 is 10.0 Å². The first-order chi connectivity index (χ1) is 15.1. The lowest BCUT2D eigenvalue weighted by molar-refractivity contribution is 0.586. The third-order valence-electron chi connectivity index (χ3n) is 5.60. The fourth-order valence-corrected chi connectivity index (χ4v) is 5.81. The minimum atomic E-state index is -3.78. The van der Waals surface area contributed by atoms with Crippen LogP contribution in [0.25, 0.3) is 11.3 Å². The van der Waals surface area contributed by atoms with Crippen LogP contribution < -0.4 is 4.31 Å². The van der Waals surface area contributed by atoms with Crippen molar-refractivity contribution in [2.75, 3.05) is 10.8 Å². The molecule has 31 heavy (non-hydrogen) atoms. The van der Waals surface area contributed by atoms with Gasteiger partial charge in [-0.3, -0.25) is 8.99 Å². The maximum Gasteiger partial charge on any atom is 0.268 e. The molecule has 1 aliphatic rings. The standard InChI is InChI=1S/C25H23N3O2S/c29-31(30,28-17-9-15-21-12-7-8-16-23(21)28)24-19-27(18-20-10-3-1-4-11-20)26-25(24)22-13-5-2-6-14-22/h1-8,10-14,16,19H,9,15,17-18H2. The average Bonchev–Trinajstić information content (AvgIpc) is 3.24. The quantitative estimate of drug-likeness (QED) is 0.460. The van der Waals surface area contributed by atoms with Gasteiger partial charge in [-0.05, 0) is 30.0 Å². The zero-order valence-corrected chi connectivity index (χ0v) is 17.9. The summed E-state index contributed by atoms with van der Waals surface area (Å²) in [4.78, 5) is 0.242. The highest BCUT2D eigenvalue weighted by atomic mass is 32.2. The second-order valence-corrected chi connectivity index (χ2v) is 9.53. The molecule has 4 aromatic rings. The van der Waals surface area contributed by atoms with E-state index in [2.05, 4.69) is 0 Å². The van der Waals surface area contributed by atoms with E-state index in [1.165, 1.54) is 0 Å². The average molecular weight is 430 g/mol. The van der Waals surface area contributed by atoms with E-state index in [1.54, 1.807) is 15.2 Å². The number of hydrogen-bond acceptors (Lipinski definition) is 3. The molecule has 0 spiro atoms. The Hall–Kier alpha value is -3.38. The largest absolute Gasteiger partial charge is 0.268 e. The van der Waals surface area contributed by atoms with Crippen LogP contribution in [0, 0.1) is 0 Å². The van der Waals surface area contributed by atoms with Gasteiger partial charge in [0, 0.05) is 18.3 Å². The second kappa shape index (κ2) is 8.04. The predicted molar refractivity (Wildman–Crippen MR) is 123 cm³/mol. The summed E-state index contributed by atoms with van der Waals surface area (Å²) in [6, 6.07) is 27.2. The molecular weight excluding hydrogens is 406 g/mol. The molecule has 0 fully saturated rings. The Kier molecular flexibility index (Phi) is 5.08. The lowest BCUT2D eigenvalue weighted by Gasteiger charge is -2.30. The monoisotopic (exact) mass is 429 g/mol. The molecule has 0 bridgehead atoms. The number of nitrogens with zero attached hydrogens (tertiary/aromatic N) is 3. The van der Waals surface area contributed by atoms with Crippen molar-refractivity contribution in [2.24, 2.45) is 0 Å². The van der Waals surface area contributed by atoms with Gasteiger partial charge in [-0.15, -0.1) is 0 Å². The first-order valence-electron chi connectivity index (χ1n) is 10.4. The minimum absolute atomic E-state index is 0.242. The topological polar surface area (TPSA) is 55.2 Å². The first-order valence-corrected chi connectivity index (χ1v) is 11.8. The number of aryl methyl sites for hydroxylation is 1. The van der Waals surface area contributed by atoms with Crippen LogP contribution in [-0.4, -0.2) is 24.7 Å². The lowest BCUT2D eigenvalue weighted by atomic mass is 10.0. The number of rotatable bonds is 5. The highest BCUT2D eigenvalue weighted by Crippen LogP contribution is 2.35. The number of fused-ring (bicyclic) bond motifs is 1. The normalized spacial score (nSPS) is 13.7. The molecule has 0 saturated carbocycles. The Bertz CT molecular complexity index is 1300. The van der Waals surface area contributed by atoms with Crippen molar-refractivity contribution in [1.29, 1.82) is 0 Å². The number of anilines is 1. The molecule has 0 saturated heterocycles. The Labute approximate surface area is 182 Å². The number of para-hydroxylation sites is 1. The Morgan fingerprint density at radius 2 is 1.52 bits per heavy atom. The molecule has 6 heteroatoms. The van der Waals surface area contributed by atoms with Gasteiger partial charge in [-0.1, -0.05) is 78.9 Å². The molecule has 2 heterocycles. The summed E-state index contributed by atoms with van der Waals surface area (Å²) in [5.74, 6) is 0. The van der Waals surface area contributed by atoms with Gasteiger partial charge in [0.15, 0.2) is 0 Å². The Morgan fingerprint density at radius 1 is 0.839 bits per heavy atom. The third kappa shape index (κ3) is 3.75. The fraction of sp³-hybridized carbons (Fsp3) is 0.160. The van der Waals surface area contributed by atoms with Crippen LogP contribution in [0.4, 0.5) is 5.69 Å². The summed E-state index contributed by atoms with van der Waals surface area (Å²) in [5, 5.41) is 4.70. The van der Waals surface area contributed by atoms with Gasteiger partial charge in [-0.25, -0.2) is 8.42 Å². The summed E-state index contributed by atoms with van der Waals surface area (Å²) in [6.45, 7) is 0.976. The maximum absolute atomic E-state index is 13.9. The number of sulfonamides is 1. The molecule has 0 unspecified atom stereocenters. The molecule has 1 aromatic heterocycles. The highest BCUT2D eigenvalue weighted by Gasteiger charge is 2.33. The molecule has 0 amide bonds. The van der Waals surface area contributed by atoms with Crippen molar-refractivity contribution in [3.8, 4) is 11.3 Å². The molecule has 0 atom stereocenters. The number of hydrogen-bond donors (Lipinski definition) is 0. The fourth-order valence-electron chi connectivity index (χ4n) is 4.11. The molecule has 3 aromatic carbocycles. The maximum atomic E-state index is 13.9. The van der Waals surface area contributed by atoms with E-state index in [1.807, 2.05) is 84.9 Å². The van der Waals surface area contributed by atoms with Crippen molar-refractivity contribution in [3.05, 3.63) is 102 Å². The van der Waals surface area contributed by atoms with Crippen molar-refractivity contribution >= 4 is 15.7 Å². The van der Waals surface area contributed by atoms with Gasteiger partial charge in [0.25, 0.3) is 10.0 Å². The number of aromatic nitrogens is 2. The van der Waals surface area contributed by atoms with Crippen molar-refractivity contribution in [2.45, 2.75) is 24.3 Å². The van der Waals surface area contributed by atoms with E-state index in [4.69, 9.17) is 5.10 Å². The molecular formula is C25H23N3O2S. The van der Waals surface area contributed by atoms with Crippen molar-refractivity contribution in [1.82, 2.24) is 9.78 Å². The zero-order chi connectivity index (χ0) is 21.3. The zero-order valence-electron chi connectivity index (χ0n) is 17.1. The molecule has 0 radical (unpaired) electrons. The highest BCUT2D eigenvalue weighted by molar-refractivity contribution is 7.93. The van der Waals surface area contributed by atoms with Gasteiger partial charge in [0.1, 0.15) is 10.6 Å². The molecule has 0 aliphatic carbocycles. The lowest BCUT2D eigenvalue weighted by Crippen LogP contribution is -2.35. The predicted octanol–water partition coefficient (Wildman–Crippen LogP) is 4.74. The summed E-state index contributed by atoms with van der Waals surface area (Å²) in [6.07, 6.45) is 3.36. The third-order valence-corrected chi connectivity index (χ3v) is 7.41. The van der Waals surface area contributed by atoms with Crippen LogP contribution in [0.3, 0.4) is 0 Å². The molecule has 5 rings (SSSR count). The van der Waals surface area contributed by atoms with Crippen molar-refractivity contribution in [3.63, 3.8) is 0 Å². The van der Waals surface area contributed by atoms with E-state index in [0.717, 1.165) is 35.2 Å². The summed E-state index contributed by atoms with van der Waals surface area (Å²) >= 11 is 0. The summed E-state index contributed by atoms with van der Waals surface area (Å²) in [5.41, 5.74) is 4.17. The summed E-state index contributed by atoms with van der Waals surface area (Å²) < 4.78 is 31.0. The minimum Gasteiger partial charge on any atom is -0.266 e. The Morgan fingerprint density at radius 3 is 2.29 bits per heavy atom. The molecule has 156 valence electrons. The van der Waals surface area contributed by atoms with Crippen LogP contribution in [0.5, 0.6) is 0 Å². The van der Waals surface area contributed by atoms with E-state index in [0.29, 0.717) is 18.8 Å². The van der Waals surface area contributed by atoms with Crippen molar-refractivity contribution < 1.29 is 8.42 Å². The second-order valence-electron chi connectivity index (χ2n) is 7.70. The molecule has 5 nitrogen and oxygen atoms in total. The van der Waals surface area contributed by atoms with E-state index in [-0.39, 0.29) is 4.90 Å². The number of benzene rings is 3. The SMILES string of the molecule is O=S(=O)(c1cn(Cc2ccccc2)nc1-c1ccccc1)N1CCCc2ccccc21. The smallest absolute Gasteiger partial charge is 0.266 e. The van der Waals surface area contributed by atoms with Gasteiger partial charge in [-0.2, -0.15) is 5.10 Å². The van der Waals surface area contributed by atoms with Gasteiger partial charge < -0.3 is 0 Å². The van der Waals surface area contributed by atoms with E-state index >= 15 is 0 Å². The van der Waals surface area contributed by atoms with Gasteiger partial charge in [0.05, 0.1) is 12.2 Å². The summed E-state index contributed by atoms with van der Waals surface area (Å²) in [7, 11) is -3.78. The van der Waals surface area contributed by atoms with E-state index in [9.17, 15) is 8.42 Å². The van der Waals surface area contributed by atoms with Gasteiger partial charge >= 0.3 is 0 Å². The van der Waals surface area contributed by atoms with Crippen LogP contribution in [-0.2, 0) is 23.0 Å². The molecule has 0 N–H and O–H groups in total. The Balaban J connectivity index is 1.62. The van der Waals surface area contributed by atoms with Crippen LogP contribution in [0.2, 0.25) is 0 Å². The molecule has 1 aliphatic heterocycles. The van der Waals surface area contributed by atoms with Crippen LogP contribution in [0.15, 0.2) is 96.0 Å². The van der Waals surface area contributed by atoms with Crippen LogP contribution in [0.1, 0.15) is 17.5 Å².